The molecular formula is C17H25ClN2O. The Bertz CT molecular complexity index is 478. The normalized spacial score (nSPS) is 19.0. The predicted molar refractivity (Wildman–Crippen MR) is 87.4 cm³/mol. The SMILES string of the molecule is CCC1CCCCN1C(=O)CN(C)Cc1ccccc1Cl. The molecule has 2 rings (SSSR count). The van der Waals surface area contributed by atoms with Crippen molar-refractivity contribution in [1.29, 1.82) is 0 Å². The molecule has 1 fully saturated rings. The van der Waals surface area contributed by atoms with Crippen LogP contribution in [0.4, 0.5) is 0 Å². The van der Waals surface area contributed by atoms with E-state index in [-0.39, 0.29) is 5.91 Å². The summed E-state index contributed by atoms with van der Waals surface area (Å²) in [6, 6.07) is 8.24. The molecule has 0 aliphatic carbocycles. The van der Waals surface area contributed by atoms with Gasteiger partial charge in [0.05, 0.1) is 6.54 Å². The van der Waals surface area contributed by atoms with Crippen LogP contribution in [0, 0.1) is 0 Å². The minimum absolute atomic E-state index is 0.246. The molecule has 0 aromatic heterocycles. The Kier molecular flexibility index (Phi) is 6.07. The largest absolute Gasteiger partial charge is 0.339 e. The Hall–Kier alpha value is -1.06. The molecule has 1 aliphatic heterocycles. The third-order valence-electron chi connectivity index (χ3n) is 4.22. The van der Waals surface area contributed by atoms with Gasteiger partial charge in [0.15, 0.2) is 0 Å². The molecule has 116 valence electrons. The first-order chi connectivity index (χ1) is 10.1. The molecule has 0 saturated carbocycles. The molecule has 0 N–H and O–H groups in total. The molecule has 0 radical (unpaired) electrons. The molecule has 1 heterocycles. The van der Waals surface area contributed by atoms with Crippen LogP contribution in [0.3, 0.4) is 0 Å². The van der Waals surface area contributed by atoms with Gasteiger partial charge in [-0.3, -0.25) is 9.69 Å². The van der Waals surface area contributed by atoms with Crippen LogP contribution in [-0.4, -0.2) is 41.9 Å². The van der Waals surface area contributed by atoms with Crippen LogP contribution in [-0.2, 0) is 11.3 Å². The minimum Gasteiger partial charge on any atom is -0.339 e. The molecule has 3 nitrogen and oxygen atoms in total. The second-order valence-electron chi connectivity index (χ2n) is 5.91. The third-order valence-corrected chi connectivity index (χ3v) is 4.59. The zero-order valence-electron chi connectivity index (χ0n) is 13.0. The van der Waals surface area contributed by atoms with E-state index in [1.54, 1.807) is 0 Å². The maximum absolute atomic E-state index is 12.5. The second-order valence-corrected chi connectivity index (χ2v) is 6.32. The van der Waals surface area contributed by atoms with E-state index < -0.39 is 0 Å². The van der Waals surface area contributed by atoms with Crippen molar-refractivity contribution in [2.24, 2.45) is 0 Å². The van der Waals surface area contributed by atoms with Gasteiger partial charge in [0.1, 0.15) is 0 Å². The first-order valence-electron chi connectivity index (χ1n) is 7.83. The summed E-state index contributed by atoms with van der Waals surface area (Å²) in [7, 11) is 1.98. The van der Waals surface area contributed by atoms with E-state index in [4.69, 9.17) is 11.6 Å². The number of carbonyl (C=O) groups excluding carboxylic acids is 1. The van der Waals surface area contributed by atoms with Crippen LogP contribution in [0.5, 0.6) is 0 Å². The highest BCUT2D eigenvalue weighted by Crippen LogP contribution is 2.20. The monoisotopic (exact) mass is 308 g/mol. The van der Waals surface area contributed by atoms with Gasteiger partial charge in [0, 0.05) is 24.2 Å². The lowest BCUT2D eigenvalue weighted by Crippen LogP contribution is -2.47. The molecule has 1 amide bonds. The molecule has 1 aliphatic rings. The average Bonchev–Trinajstić information content (AvgIpc) is 2.49. The summed E-state index contributed by atoms with van der Waals surface area (Å²) in [6.07, 6.45) is 4.59. The molecular weight excluding hydrogens is 284 g/mol. The standard InChI is InChI=1S/C17H25ClN2O/c1-3-15-9-6-7-11-20(15)17(21)13-19(2)12-14-8-4-5-10-16(14)18/h4-5,8,10,15H,3,6-7,9,11-13H2,1-2H3. The molecule has 1 aromatic carbocycles. The van der Waals surface area contributed by atoms with Gasteiger partial charge in [0.25, 0.3) is 0 Å². The molecule has 21 heavy (non-hydrogen) atoms. The van der Waals surface area contributed by atoms with Crippen LogP contribution in [0.25, 0.3) is 0 Å². The van der Waals surface area contributed by atoms with Crippen molar-refractivity contribution < 1.29 is 4.79 Å². The number of likely N-dealkylation sites (tertiary alicyclic amines) is 1. The quantitative estimate of drug-likeness (QED) is 0.830. The predicted octanol–water partition coefficient (Wildman–Crippen LogP) is 3.56. The maximum Gasteiger partial charge on any atom is 0.236 e. The van der Waals surface area contributed by atoms with Gasteiger partial charge in [0.2, 0.25) is 5.91 Å². The number of amides is 1. The molecule has 0 spiro atoms. The van der Waals surface area contributed by atoms with E-state index in [2.05, 4.69) is 11.8 Å². The first kappa shape index (κ1) is 16.3. The number of halogens is 1. The minimum atomic E-state index is 0.246. The number of carbonyl (C=O) groups is 1. The summed E-state index contributed by atoms with van der Waals surface area (Å²) >= 11 is 6.18. The van der Waals surface area contributed by atoms with E-state index in [0.29, 0.717) is 19.1 Å². The van der Waals surface area contributed by atoms with Crippen LogP contribution in [0.1, 0.15) is 38.2 Å². The van der Waals surface area contributed by atoms with Gasteiger partial charge in [-0.25, -0.2) is 0 Å². The maximum atomic E-state index is 12.5. The summed E-state index contributed by atoms with van der Waals surface area (Å²) in [6.45, 7) is 4.25. The van der Waals surface area contributed by atoms with Gasteiger partial charge >= 0.3 is 0 Å². The molecule has 0 bridgehead atoms. The summed E-state index contributed by atoms with van der Waals surface area (Å²) in [5.41, 5.74) is 1.07. The average molecular weight is 309 g/mol. The lowest BCUT2D eigenvalue weighted by atomic mass is 10.00. The van der Waals surface area contributed by atoms with Gasteiger partial charge in [-0.2, -0.15) is 0 Å². The lowest BCUT2D eigenvalue weighted by molar-refractivity contribution is -0.136. The summed E-state index contributed by atoms with van der Waals surface area (Å²) < 4.78 is 0. The van der Waals surface area contributed by atoms with Crippen LogP contribution in [0.15, 0.2) is 24.3 Å². The third kappa shape index (κ3) is 4.45. The van der Waals surface area contributed by atoms with Crippen molar-refractivity contribution in [1.82, 2.24) is 9.80 Å². The van der Waals surface area contributed by atoms with Crippen LogP contribution < -0.4 is 0 Å². The number of benzene rings is 1. The number of hydrogen-bond donors (Lipinski definition) is 0. The van der Waals surface area contributed by atoms with E-state index in [1.165, 1.54) is 6.42 Å². The number of rotatable bonds is 5. The second kappa shape index (κ2) is 7.81. The Labute approximate surface area is 132 Å². The van der Waals surface area contributed by atoms with E-state index >= 15 is 0 Å². The van der Waals surface area contributed by atoms with Crippen molar-refractivity contribution in [2.75, 3.05) is 20.1 Å². The highest BCUT2D eigenvalue weighted by molar-refractivity contribution is 6.31. The van der Waals surface area contributed by atoms with Crippen molar-refractivity contribution in [3.05, 3.63) is 34.9 Å². The van der Waals surface area contributed by atoms with Crippen molar-refractivity contribution >= 4 is 17.5 Å². The Morgan fingerprint density at radius 1 is 1.38 bits per heavy atom. The van der Waals surface area contributed by atoms with Crippen LogP contribution >= 0.6 is 11.6 Å². The fourth-order valence-electron chi connectivity index (χ4n) is 3.05. The van der Waals surface area contributed by atoms with Crippen LogP contribution in [0.2, 0.25) is 5.02 Å². The highest BCUT2D eigenvalue weighted by Gasteiger charge is 2.25. The molecule has 1 saturated heterocycles. The van der Waals surface area contributed by atoms with Crippen molar-refractivity contribution in [3.63, 3.8) is 0 Å². The molecule has 1 atom stereocenters. The van der Waals surface area contributed by atoms with Gasteiger partial charge in [-0.1, -0.05) is 36.7 Å². The molecule has 1 unspecified atom stereocenters. The number of nitrogens with zero attached hydrogens (tertiary/aromatic N) is 2. The topological polar surface area (TPSA) is 23.6 Å². The molecule has 4 heteroatoms. The van der Waals surface area contributed by atoms with E-state index in [9.17, 15) is 4.79 Å². The highest BCUT2D eigenvalue weighted by atomic mass is 35.5. The van der Waals surface area contributed by atoms with Gasteiger partial charge < -0.3 is 4.90 Å². The fraction of sp³-hybridized carbons (Fsp3) is 0.588. The summed E-state index contributed by atoms with van der Waals surface area (Å²) in [5.74, 6) is 0.246. The Morgan fingerprint density at radius 2 is 2.14 bits per heavy atom. The Balaban J connectivity index is 1.91. The number of hydrogen-bond acceptors (Lipinski definition) is 2. The summed E-state index contributed by atoms with van der Waals surface area (Å²) in [5, 5.41) is 0.765. The zero-order valence-corrected chi connectivity index (χ0v) is 13.8. The van der Waals surface area contributed by atoms with Gasteiger partial charge in [-0.05, 0) is 44.4 Å². The van der Waals surface area contributed by atoms with E-state index in [1.807, 2.05) is 36.2 Å². The molecule has 1 aromatic rings. The van der Waals surface area contributed by atoms with E-state index in [0.717, 1.165) is 36.4 Å². The zero-order chi connectivity index (χ0) is 15.2. The van der Waals surface area contributed by atoms with Crippen molar-refractivity contribution in [2.45, 2.75) is 45.2 Å². The number of likely N-dealkylation sites (N-methyl/N-ethyl adjacent to an activating group) is 1. The fourth-order valence-corrected chi connectivity index (χ4v) is 3.24. The van der Waals surface area contributed by atoms with Crippen molar-refractivity contribution in [3.8, 4) is 0 Å². The van der Waals surface area contributed by atoms with Gasteiger partial charge in [-0.15, -0.1) is 0 Å². The first-order valence-corrected chi connectivity index (χ1v) is 8.21. The number of piperidine rings is 1. The smallest absolute Gasteiger partial charge is 0.236 e. The lowest BCUT2D eigenvalue weighted by Gasteiger charge is -2.36. The summed E-state index contributed by atoms with van der Waals surface area (Å²) in [4.78, 5) is 16.6. The Morgan fingerprint density at radius 3 is 2.86 bits per heavy atom.